The minimum atomic E-state index is -0.786. The summed E-state index contributed by atoms with van der Waals surface area (Å²) in [7, 11) is 3.06. The number of aromatic nitrogens is 2. The highest BCUT2D eigenvalue weighted by atomic mass is 16.3. The van der Waals surface area contributed by atoms with E-state index in [1.165, 1.54) is 17.8 Å². The van der Waals surface area contributed by atoms with Crippen LogP contribution in [0.3, 0.4) is 0 Å². The zero-order valence-corrected chi connectivity index (χ0v) is 11.4. The highest BCUT2D eigenvalue weighted by Crippen LogP contribution is 2.05. The fraction of sp³-hybridized carbons (Fsp3) is 0.667. The molecule has 0 amide bonds. The molecule has 0 aliphatic rings. The first kappa shape index (κ1) is 14.7. The Morgan fingerprint density at radius 2 is 2.00 bits per heavy atom. The fourth-order valence-electron chi connectivity index (χ4n) is 1.60. The van der Waals surface area contributed by atoms with Gasteiger partial charge in [-0.2, -0.15) is 0 Å². The second-order valence-electron chi connectivity index (χ2n) is 4.87. The molecule has 1 aromatic heterocycles. The van der Waals surface area contributed by atoms with E-state index in [0.29, 0.717) is 25.1 Å². The highest BCUT2D eigenvalue weighted by molar-refractivity contribution is 5.05. The minimum absolute atomic E-state index is 0.304. The SMILES string of the molecule is CCC(C)(O)CNCc1cn(C)c(=O)n(C)c1=O. The van der Waals surface area contributed by atoms with Crippen molar-refractivity contribution in [1.82, 2.24) is 14.5 Å². The van der Waals surface area contributed by atoms with Crippen molar-refractivity contribution < 1.29 is 5.11 Å². The molecule has 1 heterocycles. The van der Waals surface area contributed by atoms with Gasteiger partial charge in [-0.1, -0.05) is 6.92 Å². The Hall–Kier alpha value is -1.40. The molecule has 2 N–H and O–H groups in total. The first-order valence-electron chi connectivity index (χ1n) is 5.97. The zero-order valence-electron chi connectivity index (χ0n) is 11.4. The van der Waals surface area contributed by atoms with E-state index in [4.69, 9.17) is 0 Å². The molecule has 0 bridgehead atoms. The molecular formula is C12H21N3O3. The lowest BCUT2D eigenvalue weighted by Crippen LogP contribution is -2.41. The molecule has 6 heteroatoms. The average Bonchev–Trinajstić information content (AvgIpc) is 2.33. The Morgan fingerprint density at radius 1 is 1.39 bits per heavy atom. The van der Waals surface area contributed by atoms with Crippen LogP contribution in [-0.2, 0) is 20.6 Å². The van der Waals surface area contributed by atoms with Crippen LogP contribution in [0.25, 0.3) is 0 Å². The lowest BCUT2D eigenvalue weighted by Gasteiger charge is -2.21. The summed E-state index contributed by atoms with van der Waals surface area (Å²) in [4.78, 5) is 23.3. The summed E-state index contributed by atoms with van der Waals surface area (Å²) < 4.78 is 2.45. The summed E-state index contributed by atoms with van der Waals surface area (Å²) in [5.74, 6) is 0. The van der Waals surface area contributed by atoms with E-state index < -0.39 is 5.60 Å². The van der Waals surface area contributed by atoms with Gasteiger partial charge in [-0.3, -0.25) is 9.36 Å². The van der Waals surface area contributed by atoms with Crippen molar-refractivity contribution in [1.29, 1.82) is 0 Å². The number of hydrogen-bond donors (Lipinski definition) is 2. The van der Waals surface area contributed by atoms with E-state index in [0.717, 1.165) is 4.57 Å². The third-order valence-corrected chi connectivity index (χ3v) is 3.10. The van der Waals surface area contributed by atoms with Gasteiger partial charge >= 0.3 is 5.69 Å². The van der Waals surface area contributed by atoms with Gasteiger partial charge in [0, 0.05) is 38.9 Å². The van der Waals surface area contributed by atoms with Gasteiger partial charge in [0.15, 0.2) is 0 Å². The summed E-state index contributed by atoms with van der Waals surface area (Å²) in [6, 6.07) is 0. The molecule has 1 unspecified atom stereocenters. The Balaban J connectivity index is 2.82. The van der Waals surface area contributed by atoms with Gasteiger partial charge in [0.25, 0.3) is 5.56 Å². The smallest absolute Gasteiger partial charge is 0.330 e. The largest absolute Gasteiger partial charge is 0.389 e. The van der Waals surface area contributed by atoms with Crippen LogP contribution in [0.15, 0.2) is 15.8 Å². The predicted octanol–water partition coefficient (Wildman–Crippen LogP) is -0.665. The summed E-state index contributed by atoms with van der Waals surface area (Å²) in [6.07, 6.45) is 2.16. The molecule has 1 aromatic rings. The normalized spacial score (nSPS) is 14.5. The molecule has 0 aliphatic heterocycles. The lowest BCUT2D eigenvalue weighted by molar-refractivity contribution is 0.0555. The number of aryl methyl sites for hydroxylation is 1. The predicted molar refractivity (Wildman–Crippen MR) is 69.5 cm³/mol. The van der Waals surface area contributed by atoms with Gasteiger partial charge in [-0.05, 0) is 13.3 Å². The summed E-state index contributed by atoms with van der Waals surface area (Å²) in [5.41, 5.74) is -0.927. The third kappa shape index (κ3) is 3.30. The fourth-order valence-corrected chi connectivity index (χ4v) is 1.60. The Kier molecular flexibility index (Phi) is 4.48. The van der Waals surface area contributed by atoms with Crippen LogP contribution in [0.5, 0.6) is 0 Å². The van der Waals surface area contributed by atoms with Gasteiger partial charge in [0.2, 0.25) is 0 Å². The first-order valence-corrected chi connectivity index (χ1v) is 5.97. The molecule has 1 atom stereocenters. The third-order valence-electron chi connectivity index (χ3n) is 3.10. The van der Waals surface area contributed by atoms with Crippen molar-refractivity contribution in [2.24, 2.45) is 14.1 Å². The summed E-state index contributed by atoms with van der Waals surface area (Å²) >= 11 is 0. The van der Waals surface area contributed by atoms with Crippen molar-refractivity contribution >= 4 is 0 Å². The average molecular weight is 255 g/mol. The molecule has 102 valence electrons. The van der Waals surface area contributed by atoms with Crippen molar-refractivity contribution in [3.8, 4) is 0 Å². The highest BCUT2D eigenvalue weighted by Gasteiger charge is 2.16. The van der Waals surface area contributed by atoms with Crippen LogP contribution < -0.4 is 16.6 Å². The monoisotopic (exact) mass is 255 g/mol. The Morgan fingerprint density at radius 3 is 2.56 bits per heavy atom. The number of rotatable bonds is 5. The standard InChI is InChI=1S/C12H21N3O3/c1-5-12(2,18)8-13-6-9-7-14(3)11(17)15(4)10(9)16/h7,13,18H,5-6,8H2,1-4H3. The van der Waals surface area contributed by atoms with Gasteiger partial charge in [-0.25, -0.2) is 4.79 Å². The van der Waals surface area contributed by atoms with Crippen LogP contribution in [0.4, 0.5) is 0 Å². The zero-order chi connectivity index (χ0) is 13.9. The van der Waals surface area contributed by atoms with E-state index in [1.807, 2.05) is 6.92 Å². The molecule has 0 saturated heterocycles. The van der Waals surface area contributed by atoms with E-state index in [9.17, 15) is 14.7 Å². The maximum Gasteiger partial charge on any atom is 0.330 e. The summed E-state index contributed by atoms with van der Waals surface area (Å²) in [5, 5.41) is 12.9. The van der Waals surface area contributed by atoms with E-state index in [-0.39, 0.29) is 11.2 Å². The van der Waals surface area contributed by atoms with Crippen LogP contribution >= 0.6 is 0 Å². The quantitative estimate of drug-likeness (QED) is 0.732. The second-order valence-corrected chi connectivity index (χ2v) is 4.87. The maximum absolute atomic E-state index is 11.8. The molecule has 1 rings (SSSR count). The number of nitrogens with one attached hydrogen (secondary N) is 1. The molecular weight excluding hydrogens is 234 g/mol. The second kappa shape index (κ2) is 5.49. The van der Waals surface area contributed by atoms with Crippen LogP contribution in [0.2, 0.25) is 0 Å². The van der Waals surface area contributed by atoms with Gasteiger partial charge < -0.3 is 15.0 Å². The molecule has 18 heavy (non-hydrogen) atoms. The van der Waals surface area contributed by atoms with Gasteiger partial charge in [0.1, 0.15) is 0 Å². The van der Waals surface area contributed by atoms with E-state index in [1.54, 1.807) is 14.0 Å². The van der Waals surface area contributed by atoms with Crippen molar-refractivity contribution in [3.63, 3.8) is 0 Å². The van der Waals surface area contributed by atoms with Crippen molar-refractivity contribution in [2.75, 3.05) is 6.54 Å². The van der Waals surface area contributed by atoms with Crippen LogP contribution in [0, 0.1) is 0 Å². The van der Waals surface area contributed by atoms with Gasteiger partial charge in [0.05, 0.1) is 5.60 Å². The van der Waals surface area contributed by atoms with E-state index in [2.05, 4.69) is 5.32 Å². The Bertz CT molecular complexity index is 528. The maximum atomic E-state index is 11.8. The van der Waals surface area contributed by atoms with Crippen LogP contribution in [0.1, 0.15) is 25.8 Å². The van der Waals surface area contributed by atoms with Gasteiger partial charge in [-0.15, -0.1) is 0 Å². The molecule has 0 spiro atoms. The van der Waals surface area contributed by atoms with Crippen molar-refractivity contribution in [2.45, 2.75) is 32.4 Å². The number of aliphatic hydroxyl groups is 1. The molecule has 0 aromatic carbocycles. The summed E-state index contributed by atoms with van der Waals surface area (Å²) in [6.45, 7) is 4.36. The topological polar surface area (TPSA) is 76.3 Å². The minimum Gasteiger partial charge on any atom is -0.389 e. The number of nitrogens with zero attached hydrogens (tertiary/aromatic N) is 2. The lowest BCUT2D eigenvalue weighted by atomic mass is 10.0. The van der Waals surface area contributed by atoms with E-state index >= 15 is 0 Å². The molecule has 6 nitrogen and oxygen atoms in total. The molecule has 0 radical (unpaired) electrons. The first-order chi connectivity index (χ1) is 8.28. The molecule has 0 saturated carbocycles. The number of hydrogen-bond acceptors (Lipinski definition) is 4. The molecule has 0 fully saturated rings. The molecule has 0 aliphatic carbocycles. The van der Waals surface area contributed by atoms with Crippen LogP contribution in [-0.4, -0.2) is 26.4 Å². The van der Waals surface area contributed by atoms with Crippen molar-refractivity contribution in [3.05, 3.63) is 32.6 Å². The Labute approximate surface area is 106 Å².